The highest BCUT2D eigenvalue weighted by Gasteiger charge is 2.13. The number of guanidine groups is 1. The van der Waals surface area contributed by atoms with E-state index in [0.29, 0.717) is 35.0 Å². The van der Waals surface area contributed by atoms with Gasteiger partial charge < -0.3 is 10.1 Å². The average molecular weight is 468 g/mol. The monoisotopic (exact) mass is 467 g/mol. The molecule has 0 spiro atoms. The maximum atomic E-state index is 12.8. The van der Waals surface area contributed by atoms with Crippen LogP contribution in [0.4, 0.5) is 5.69 Å². The molecular weight excluding hydrogens is 442 g/mol. The first-order valence-corrected chi connectivity index (χ1v) is 10.8. The number of nitrogens with zero attached hydrogens (tertiary/aromatic N) is 3. The standard InChI is InChI=1S/C24H26ClN5O3/c1-5-33-23(32)17-9-11-20(12-10-17)27-24(26-14-21-15(2)29-30(4)16(21)3)28-22(31)18-7-6-8-19(25)13-18/h6-13H,5,14H2,1-4H3,(H2,26,27,28,31). The lowest BCUT2D eigenvalue weighted by atomic mass is 10.2. The molecule has 0 fully saturated rings. The van der Waals surface area contributed by atoms with Crippen molar-refractivity contribution in [2.75, 3.05) is 11.9 Å². The van der Waals surface area contributed by atoms with Gasteiger partial charge in [0.1, 0.15) is 0 Å². The summed E-state index contributed by atoms with van der Waals surface area (Å²) >= 11 is 6.02. The van der Waals surface area contributed by atoms with Gasteiger partial charge in [-0.25, -0.2) is 9.79 Å². The Hall–Kier alpha value is -3.65. The zero-order valence-electron chi connectivity index (χ0n) is 19.0. The molecule has 3 aromatic rings. The van der Waals surface area contributed by atoms with E-state index in [4.69, 9.17) is 16.3 Å². The van der Waals surface area contributed by atoms with Gasteiger partial charge in [-0.15, -0.1) is 0 Å². The number of hydrogen-bond acceptors (Lipinski definition) is 5. The van der Waals surface area contributed by atoms with Crippen LogP contribution in [0.5, 0.6) is 0 Å². The van der Waals surface area contributed by atoms with Crippen molar-refractivity contribution in [2.24, 2.45) is 12.0 Å². The third kappa shape index (κ3) is 6.20. The fourth-order valence-corrected chi connectivity index (χ4v) is 3.36. The first kappa shape index (κ1) is 24.0. The predicted octanol–water partition coefficient (Wildman–Crippen LogP) is 4.27. The maximum Gasteiger partial charge on any atom is 0.338 e. The Kier molecular flexibility index (Phi) is 7.84. The molecule has 33 heavy (non-hydrogen) atoms. The van der Waals surface area contributed by atoms with Crippen molar-refractivity contribution in [3.63, 3.8) is 0 Å². The van der Waals surface area contributed by atoms with Gasteiger partial charge in [-0.3, -0.25) is 14.8 Å². The van der Waals surface area contributed by atoms with Crippen LogP contribution >= 0.6 is 11.6 Å². The molecule has 0 bridgehead atoms. The molecule has 1 aromatic heterocycles. The molecule has 0 aliphatic heterocycles. The molecule has 9 heteroatoms. The fourth-order valence-electron chi connectivity index (χ4n) is 3.16. The summed E-state index contributed by atoms with van der Waals surface area (Å²) in [6.45, 7) is 6.27. The number of aryl methyl sites for hydroxylation is 2. The number of esters is 1. The minimum absolute atomic E-state index is 0.256. The molecule has 2 N–H and O–H groups in total. The van der Waals surface area contributed by atoms with E-state index in [1.807, 2.05) is 20.9 Å². The number of aliphatic imine (C=N–C) groups is 1. The summed E-state index contributed by atoms with van der Waals surface area (Å²) in [5.41, 5.74) is 4.33. The third-order valence-electron chi connectivity index (χ3n) is 5.03. The molecular formula is C24H26ClN5O3. The minimum atomic E-state index is -0.394. The highest BCUT2D eigenvalue weighted by atomic mass is 35.5. The van der Waals surface area contributed by atoms with Crippen molar-refractivity contribution >= 4 is 35.1 Å². The average Bonchev–Trinajstić information content (AvgIpc) is 3.03. The van der Waals surface area contributed by atoms with Gasteiger partial charge in [-0.2, -0.15) is 5.10 Å². The summed E-state index contributed by atoms with van der Waals surface area (Å²) in [6.07, 6.45) is 0. The molecule has 8 nitrogen and oxygen atoms in total. The van der Waals surface area contributed by atoms with Crippen LogP contribution < -0.4 is 10.6 Å². The number of halogens is 1. The van der Waals surface area contributed by atoms with Crippen molar-refractivity contribution in [1.29, 1.82) is 0 Å². The zero-order valence-corrected chi connectivity index (χ0v) is 19.7. The topological polar surface area (TPSA) is 97.6 Å². The van der Waals surface area contributed by atoms with Crippen LogP contribution in [0.15, 0.2) is 53.5 Å². The molecule has 0 atom stereocenters. The van der Waals surface area contributed by atoms with E-state index in [1.165, 1.54) is 0 Å². The molecule has 172 valence electrons. The van der Waals surface area contributed by atoms with E-state index in [9.17, 15) is 9.59 Å². The first-order valence-electron chi connectivity index (χ1n) is 10.4. The summed E-state index contributed by atoms with van der Waals surface area (Å²) in [6, 6.07) is 13.4. The van der Waals surface area contributed by atoms with Crippen LogP contribution in [0.2, 0.25) is 5.02 Å². The van der Waals surface area contributed by atoms with E-state index in [-0.39, 0.29) is 11.9 Å². The predicted molar refractivity (Wildman–Crippen MR) is 129 cm³/mol. The minimum Gasteiger partial charge on any atom is -0.462 e. The lowest BCUT2D eigenvalue weighted by Crippen LogP contribution is -2.36. The van der Waals surface area contributed by atoms with Crippen LogP contribution in [0, 0.1) is 13.8 Å². The second-order valence-corrected chi connectivity index (χ2v) is 7.76. The number of benzene rings is 2. The summed E-state index contributed by atoms with van der Waals surface area (Å²) in [5.74, 6) is -0.493. The Balaban J connectivity index is 1.84. The Bertz CT molecular complexity index is 1190. The Morgan fingerprint density at radius 2 is 1.85 bits per heavy atom. The number of carbonyl (C=O) groups is 2. The van der Waals surface area contributed by atoms with Gasteiger partial charge in [0, 0.05) is 34.6 Å². The van der Waals surface area contributed by atoms with E-state index in [0.717, 1.165) is 17.0 Å². The molecule has 1 heterocycles. The number of hydrogen-bond donors (Lipinski definition) is 2. The van der Waals surface area contributed by atoms with E-state index in [2.05, 4.69) is 20.7 Å². The molecule has 1 amide bonds. The summed E-state index contributed by atoms with van der Waals surface area (Å²) < 4.78 is 6.81. The Labute approximate surface area is 197 Å². The van der Waals surface area contributed by atoms with Crippen molar-refractivity contribution < 1.29 is 14.3 Å². The van der Waals surface area contributed by atoms with Gasteiger partial charge in [0.05, 0.1) is 24.4 Å². The second-order valence-electron chi connectivity index (χ2n) is 7.33. The first-order chi connectivity index (χ1) is 15.8. The van der Waals surface area contributed by atoms with Gasteiger partial charge in [-0.1, -0.05) is 17.7 Å². The fraction of sp³-hybridized carbons (Fsp3) is 0.250. The second kappa shape index (κ2) is 10.8. The highest BCUT2D eigenvalue weighted by molar-refractivity contribution is 6.31. The largest absolute Gasteiger partial charge is 0.462 e. The summed E-state index contributed by atoms with van der Waals surface area (Å²) in [5, 5.41) is 10.8. The van der Waals surface area contributed by atoms with Gasteiger partial charge in [-0.05, 0) is 63.2 Å². The molecule has 2 aromatic carbocycles. The van der Waals surface area contributed by atoms with Gasteiger partial charge in [0.15, 0.2) is 0 Å². The van der Waals surface area contributed by atoms with Crippen molar-refractivity contribution in [2.45, 2.75) is 27.3 Å². The molecule has 0 saturated carbocycles. The number of anilines is 1. The molecule has 0 saturated heterocycles. The molecule has 0 unspecified atom stereocenters. The molecule has 0 radical (unpaired) electrons. The number of ether oxygens (including phenoxy) is 1. The normalized spacial score (nSPS) is 11.2. The van der Waals surface area contributed by atoms with Gasteiger partial charge in [0.2, 0.25) is 5.96 Å². The van der Waals surface area contributed by atoms with Crippen molar-refractivity contribution in [1.82, 2.24) is 15.1 Å². The zero-order chi connectivity index (χ0) is 24.0. The van der Waals surface area contributed by atoms with E-state index in [1.54, 1.807) is 60.1 Å². The van der Waals surface area contributed by atoms with Crippen molar-refractivity contribution in [3.8, 4) is 0 Å². The van der Waals surface area contributed by atoms with Crippen LogP contribution in [0.1, 0.15) is 44.6 Å². The lowest BCUT2D eigenvalue weighted by molar-refractivity contribution is 0.0526. The maximum absolute atomic E-state index is 12.8. The van der Waals surface area contributed by atoms with Crippen LogP contribution in [0.3, 0.4) is 0 Å². The lowest BCUT2D eigenvalue weighted by Gasteiger charge is -2.13. The third-order valence-corrected chi connectivity index (χ3v) is 5.27. The van der Waals surface area contributed by atoms with Crippen LogP contribution in [-0.2, 0) is 18.3 Å². The Morgan fingerprint density at radius 1 is 1.12 bits per heavy atom. The number of amides is 1. The number of nitrogens with one attached hydrogen (secondary N) is 2. The van der Waals surface area contributed by atoms with Gasteiger partial charge >= 0.3 is 5.97 Å². The summed E-state index contributed by atoms with van der Waals surface area (Å²) in [7, 11) is 1.88. The smallest absolute Gasteiger partial charge is 0.338 e. The number of carbonyl (C=O) groups excluding carboxylic acids is 2. The quantitative estimate of drug-likeness (QED) is 0.320. The molecule has 0 aliphatic carbocycles. The molecule has 3 rings (SSSR count). The van der Waals surface area contributed by atoms with Gasteiger partial charge in [0.25, 0.3) is 5.91 Å². The number of rotatable bonds is 6. The van der Waals surface area contributed by atoms with Crippen LogP contribution in [0.25, 0.3) is 0 Å². The number of aromatic nitrogens is 2. The highest BCUT2D eigenvalue weighted by Crippen LogP contribution is 2.15. The van der Waals surface area contributed by atoms with Crippen LogP contribution in [-0.4, -0.2) is 34.2 Å². The molecule has 0 aliphatic rings. The van der Waals surface area contributed by atoms with E-state index < -0.39 is 5.97 Å². The van der Waals surface area contributed by atoms with Crippen molar-refractivity contribution in [3.05, 3.63) is 81.6 Å². The van der Waals surface area contributed by atoms with E-state index >= 15 is 0 Å². The Morgan fingerprint density at radius 3 is 2.45 bits per heavy atom. The SMILES string of the molecule is CCOC(=O)c1ccc(NC(=NCc2c(C)nn(C)c2C)NC(=O)c2cccc(Cl)c2)cc1. The summed E-state index contributed by atoms with van der Waals surface area (Å²) in [4.78, 5) is 29.3.